The van der Waals surface area contributed by atoms with E-state index in [0.29, 0.717) is 16.3 Å². The van der Waals surface area contributed by atoms with E-state index in [-0.39, 0.29) is 11.9 Å². The molecule has 1 aliphatic rings. The molecule has 5 nitrogen and oxygen atoms in total. The minimum absolute atomic E-state index is 0.0543. The molecule has 6 heteroatoms. The first-order valence-electron chi connectivity index (χ1n) is 9.09. The average molecular weight is 379 g/mol. The van der Waals surface area contributed by atoms with Crippen molar-refractivity contribution in [2.75, 3.05) is 0 Å². The molecule has 4 rings (SSSR count). The zero-order valence-corrected chi connectivity index (χ0v) is 16.0. The molecule has 0 aliphatic heterocycles. The number of hydrogen-bond donors (Lipinski definition) is 1. The van der Waals surface area contributed by atoms with Gasteiger partial charge in [-0.2, -0.15) is 0 Å². The second kappa shape index (κ2) is 7.96. The van der Waals surface area contributed by atoms with Crippen molar-refractivity contribution < 1.29 is 9.32 Å². The van der Waals surface area contributed by atoms with Crippen LogP contribution in [0.4, 0.5) is 0 Å². The Balaban J connectivity index is 1.49. The van der Waals surface area contributed by atoms with E-state index in [1.54, 1.807) is 12.3 Å². The molecule has 1 atom stereocenters. The van der Waals surface area contributed by atoms with Crippen molar-refractivity contribution >= 4 is 17.7 Å². The first-order valence-corrected chi connectivity index (χ1v) is 10.1. The van der Waals surface area contributed by atoms with E-state index >= 15 is 0 Å². The number of hydrogen-bond acceptors (Lipinski definition) is 5. The summed E-state index contributed by atoms with van der Waals surface area (Å²) in [5, 5.41) is 7.92. The van der Waals surface area contributed by atoms with Gasteiger partial charge in [-0.25, -0.2) is 4.98 Å². The van der Waals surface area contributed by atoms with Gasteiger partial charge in [0.05, 0.1) is 17.3 Å². The van der Waals surface area contributed by atoms with Gasteiger partial charge in [0.25, 0.3) is 5.91 Å². The molecule has 27 heavy (non-hydrogen) atoms. The van der Waals surface area contributed by atoms with Crippen LogP contribution in [0.25, 0.3) is 0 Å². The molecule has 0 bridgehead atoms. The second-order valence-corrected chi connectivity index (χ2v) is 7.65. The molecule has 2 aromatic heterocycles. The summed E-state index contributed by atoms with van der Waals surface area (Å²) in [6.45, 7) is 1.86. The van der Waals surface area contributed by atoms with Crippen molar-refractivity contribution in [2.24, 2.45) is 0 Å². The molecule has 0 radical (unpaired) electrons. The molecule has 3 aromatic rings. The van der Waals surface area contributed by atoms with Crippen LogP contribution in [0.1, 0.15) is 51.8 Å². The van der Waals surface area contributed by atoms with Crippen LogP contribution in [0, 0.1) is 6.92 Å². The number of carbonyl (C=O) groups is 1. The first-order chi connectivity index (χ1) is 13.2. The summed E-state index contributed by atoms with van der Waals surface area (Å²) < 4.78 is 5.10. The van der Waals surface area contributed by atoms with Crippen LogP contribution >= 0.6 is 11.8 Å². The zero-order chi connectivity index (χ0) is 18.6. The van der Waals surface area contributed by atoms with Gasteiger partial charge in [0.2, 0.25) is 0 Å². The van der Waals surface area contributed by atoms with Crippen molar-refractivity contribution in [1.29, 1.82) is 0 Å². The number of thioether (sulfide) groups is 1. The van der Waals surface area contributed by atoms with Gasteiger partial charge in [0.15, 0.2) is 0 Å². The van der Waals surface area contributed by atoms with Crippen molar-refractivity contribution in [3.05, 3.63) is 76.8 Å². The van der Waals surface area contributed by atoms with E-state index in [1.165, 1.54) is 22.9 Å². The van der Waals surface area contributed by atoms with Gasteiger partial charge in [-0.3, -0.25) is 4.79 Å². The van der Waals surface area contributed by atoms with Crippen LogP contribution < -0.4 is 5.32 Å². The molecule has 0 saturated carbocycles. The molecule has 0 fully saturated rings. The van der Waals surface area contributed by atoms with Gasteiger partial charge in [-0.05, 0) is 49.4 Å². The monoisotopic (exact) mass is 379 g/mol. The van der Waals surface area contributed by atoms with E-state index in [4.69, 9.17) is 4.52 Å². The van der Waals surface area contributed by atoms with Crippen LogP contribution in [0.3, 0.4) is 0 Å². The van der Waals surface area contributed by atoms with Gasteiger partial charge < -0.3 is 9.84 Å². The SMILES string of the molecule is Cc1cc(CSc2ncccc2C(=O)N[C@@H]2CCCc3ccccc32)no1. The third-order valence-electron chi connectivity index (χ3n) is 4.72. The fourth-order valence-corrected chi connectivity index (χ4v) is 4.32. The Morgan fingerprint density at radius 1 is 1.30 bits per heavy atom. The first kappa shape index (κ1) is 17.8. The lowest BCUT2D eigenvalue weighted by Gasteiger charge is -2.26. The number of pyridine rings is 1. The number of aryl methyl sites for hydroxylation is 2. The van der Waals surface area contributed by atoms with Gasteiger partial charge >= 0.3 is 0 Å². The lowest BCUT2D eigenvalue weighted by Crippen LogP contribution is -2.31. The number of benzene rings is 1. The minimum atomic E-state index is -0.0800. The van der Waals surface area contributed by atoms with Crippen LogP contribution in [-0.2, 0) is 12.2 Å². The summed E-state index contributed by atoms with van der Waals surface area (Å²) in [6, 6.07) is 13.9. The Kier molecular flexibility index (Phi) is 5.25. The Labute approximate surface area is 162 Å². The zero-order valence-electron chi connectivity index (χ0n) is 15.1. The van der Waals surface area contributed by atoms with E-state index < -0.39 is 0 Å². The largest absolute Gasteiger partial charge is 0.361 e. The number of rotatable bonds is 5. The van der Waals surface area contributed by atoms with Crippen LogP contribution in [0.5, 0.6) is 0 Å². The average Bonchev–Trinajstić information content (AvgIpc) is 3.12. The number of amides is 1. The molecule has 1 amide bonds. The van der Waals surface area contributed by atoms with Crippen molar-refractivity contribution in [1.82, 2.24) is 15.5 Å². The molecule has 1 aromatic carbocycles. The summed E-state index contributed by atoms with van der Waals surface area (Å²) in [5.41, 5.74) is 4.01. The summed E-state index contributed by atoms with van der Waals surface area (Å²) in [6.07, 6.45) is 4.84. The van der Waals surface area contributed by atoms with Crippen molar-refractivity contribution in [3.63, 3.8) is 0 Å². The summed E-state index contributed by atoms with van der Waals surface area (Å²) >= 11 is 1.49. The predicted molar refractivity (Wildman–Crippen MR) is 105 cm³/mol. The van der Waals surface area contributed by atoms with Crippen LogP contribution in [0.15, 0.2) is 58.2 Å². The summed E-state index contributed by atoms with van der Waals surface area (Å²) in [7, 11) is 0. The van der Waals surface area contributed by atoms with Gasteiger partial charge in [-0.1, -0.05) is 41.2 Å². The molecule has 1 N–H and O–H groups in total. The lowest BCUT2D eigenvalue weighted by molar-refractivity contribution is 0.0929. The maximum Gasteiger partial charge on any atom is 0.254 e. The van der Waals surface area contributed by atoms with Gasteiger partial charge in [-0.15, -0.1) is 0 Å². The van der Waals surface area contributed by atoms with E-state index in [2.05, 4.69) is 33.7 Å². The third kappa shape index (κ3) is 4.06. The molecule has 0 saturated heterocycles. The summed E-state index contributed by atoms with van der Waals surface area (Å²) in [5.74, 6) is 1.31. The third-order valence-corrected chi connectivity index (χ3v) is 5.76. The fraction of sp³-hybridized carbons (Fsp3) is 0.286. The Hall–Kier alpha value is -2.60. The molecular formula is C21H21N3O2S. The van der Waals surface area contributed by atoms with E-state index in [9.17, 15) is 4.79 Å². The molecule has 2 heterocycles. The topological polar surface area (TPSA) is 68.0 Å². The fourth-order valence-electron chi connectivity index (χ4n) is 3.45. The second-order valence-electron chi connectivity index (χ2n) is 6.69. The maximum absolute atomic E-state index is 13.0. The summed E-state index contributed by atoms with van der Waals surface area (Å²) in [4.78, 5) is 17.4. The van der Waals surface area contributed by atoms with E-state index in [0.717, 1.165) is 30.7 Å². The quantitative estimate of drug-likeness (QED) is 0.662. The highest BCUT2D eigenvalue weighted by Gasteiger charge is 2.23. The highest BCUT2D eigenvalue weighted by atomic mass is 32.2. The number of aromatic nitrogens is 2. The number of nitrogens with zero attached hydrogens (tertiary/aromatic N) is 2. The molecular weight excluding hydrogens is 358 g/mol. The highest BCUT2D eigenvalue weighted by molar-refractivity contribution is 7.98. The standard InChI is InChI=1S/C21H21N3O2S/c1-14-12-16(24-26-14)13-27-21-18(9-5-11-22-21)20(25)23-19-10-4-7-15-6-2-3-8-17(15)19/h2-3,5-6,8-9,11-12,19H,4,7,10,13H2,1H3,(H,23,25)/t19-/m1/s1. The molecule has 0 spiro atoms. The maximum atomic E-state index is 13.0. The van der Waals surface area contributed by atoms with Crippen molar-refractivity contribution in [3.8, 4) is 0 Å². The number of nitrogens with one attached hydrogen (secondary N) is 1. The van der Waals surface area contributed by atoms with Gasteiger partial charge in [0.1, 0.15) is 10.8 Å². The Bertz CT molecular complexity index is 954. The predicted octanol–water partition coefficient (Wildman–Crippen LogP) is 4.48. The molecule has 0 unspecified atom stereocenters. The van der Waals surface area contributed by atoms with Crippen molar-refractivity contribution in [2.45, 2.75) is 43.0 Å². The lowest BCUT2D eigenvalue weighted by atomic mass is 9.87. The Morgan fingerprint density at radius 3 is 3.04 bits per heavy atom. The Morgan fingerprint density at radius 2 is 2.19 bits per heavy atom. The highest BCUT2D eigenvalue weighted by Crippen LogP contribution is 2.30. The number of carbonyl (C=O) groups excluding carboxylic acids is 1. The minimum Gasteiger partial charge on any atom is -0.361 e. The van der Waals surface area contributed by atoms with Crippen LogP contribution in [-0.4, -0.2) is 16.0 Å². The number of fused-ring (bicyclic) bond motifs is 1. The molecule has 1 aliphatic carbocycles. The van der Waals surface area contributed by atoms with Gasteiger partial charge in [0, 0.05) is 18.0 Å². The van der Waals surface area contributed by atoms with Crippen LogP contribution in [0.2, 0.25) is 0 Å². The smallest absolute Gasteiger partial charge is 0.254 e. The van der Waals surface area contributed by atoms with E-state index in [1.807, 2.05) is 25.1 Å². The molecule has 138 valence electrons. The normalized spacial score (nSPS) is 16.0.